The van der Waals surface area contributed by atoms with Crippen molar-refractivity contribution in [2.24, 2.45) is 0 Å². The van der Waals surface area contributed by atoms with E-state index in [9.17, 15) is 9.59 Å². The van der Waals surface area contributed by atoms with Gasteiger partial charge in [0.2, 0.25) is 0 Å². The number of ketones is 1. The van der Waals surface area contributed by atoms with Gasteiger partial charge in [-0.1, -0.05) is 35.9 Å². The molecule has 4 heterocycles. The Morgan fingerprint density at radius 1 is 1.08 bits per heavy atom. The van der Waals surface area contributed by atoms with Gasteiger partial charge < -0.3 is 14.6 Å². The summed E-state index contributed by atoms with van der Waals surface area (Å²) < 4.78 is 5.46. The van der Waals surface area contributed by atoms with E-state index < -0.39 is 11.7 Å². The van der Waals surface area contributed by atoms with Crippen LogP contribution >= 0.6 is 0 Å². The van der Waals surface area contributed by atoms with Crippen molar-refractivity contribution in [3.63, 3.8) is 0 Å². The van der Waals surface area contributed by atoms with Crippen molar-refractivity contribution in [3.8, 4) is 17.1 Å². The van der Waals surface area contributed by atoms with Crippen LogP contribution < -0.4 is 4.74 Å². The number of carbonyl (C=O) groups is 2. The van der Waals surface area contributed by atoms with Crippen LogP contribution in [0, 0.1) is 6.57 Å². The molecule has 178 valence electrons. The number of H-pyrrole nitrogens is 1. The number of fused-ring (bicyclic) bond motifs is 1. The molecule has 9 heteroatoms. The Morgan fingerprint density at radius 2 is 1.86 bits per heavy atom. The highest BCUT2D eigenvalue weighted by molar-refractivity contribution is 6.45. The van der Waals surface area contributed by atoms with Crippen LogP contribution in [-0.4, -0.2) is 56.7 Å². The molecule has 0 aliphatic carbocycles. The minimum Gasteiger partial charge on any atom is -0.494 e. The minimum atomic E-state index is -0.628. The number of nitrogens with zero attached hydrogens (tertiary/aromatic N) is 5. The van der Waals surface area contributed by atoms with Gasteiger partial charge in [0.05, 0.1) is 42.5 Å². The molecule has 9 nitrogen and oxygen atoms in total. The van der Waals surface area contributed by atoms with Crippen molar-refractivity contribution in [1.29, 1.82) is 0 Å². The number of ether oxygens (including phenoxy) is 1. The Bertz CT molecular complexity index is 1510. The van der Waals surface area contributed by atoms with Gasteiger partial charge in [-0.15, -0.1) is 0 Å². The first-order chi connectivity index (χ1) is 17.6. The molecule has 0 unspecified atom stereocenters. The van der Waals surface area contributed by atoms with Crippen molar-refractivity contribution in [2.45, 2.75) is 12.8 Å². The Balaban J connectivity index is 1.41. The maximum absolute atomic E-state index is 13.4. The molecule has 1 aliphatic rings. The van der Waals surface area contributed by atoms with Gasteiger partial charge in [-0.25, -0.2) is 9.83 Å². The van der Waals surface area contributed by atoms with Crippen molar-refractivity contribution in [3.05, 3.63) is 89.4 Å². The highest BCUT2D eigenvalue weighted by Gasteiger charge is 2.30. The van der Waals surface area contributed by atoms with E-state index in [1.54, 1.807) is 23.5 Å². The molecule has 3 aromatic heterocycles. The zero-order valence-corrected chi connectivity index (χ0v) is 19.6. The maximum Gasteiger partial charge on any atom is 0.295 e. The largest absolute Gasteiger partial charge is 0.494 e. The third kappa shape index (κ3) is 4.09. The molecule has 0 radical (unpaired) electrons. The van der Waals surface area contributed by atoms with Gasteiger partial charge in [0.15, 0.2) is 5.70 Å². The summed E-state index contributed by atoms with van der Waals surface area (Å²) in [6.07, 6.45) is 8.81. The van der Waals surface area contributed by atoms with Crippen LogP contribution in [0.5, 0.6) is 5.75 Å². The van der Waals surface area contributed by atoms with Gasteiger partial charge in [-0.2, -0.15) is 0 Å². The molecule has 1 aromatic carbocycles. The number of likely N-dealkylation sites (tertiary alicyclic amines) is 1. The molecule has 4 aromatic rings. The number of rotatable bonds is 5. The number of piperidine rings is 1. The maximum atomic E-state index is 13.4. The van der Waals surface area contributed by atoms with Crippen LogP contribution in [0.15, 0.2) is 66.9 Å². The average Bonchev–Trinajstić information content (AvgIpc) is 3.39. The lowest BCUT2D eigenvalue weighted by Crippen LogP contribution is -2.40. The number of hydrogen-bond acceptors (Lipinski definition) is 6. The van der Waals surface area contributed by atoms with E-state index >= 15 is 0 Å². The van der Waals surface area contributed by atoms with E-state index in [1.807, 2.05) is 30.3 Å². The van der Waals surface area contributed by atoms with Crippen LogP contribution in [-0.2, 0) is 4.79 Å². The molecule has 0 atom stereocenters. The van der Waals surface area contributed by atoms with Crippen molar-refractivity contribution < 1.29 is 14.3 Å². The predicted octanol–water partition coefficient (Wildman–Crippen LogP) is 4.16. The summed E-state index contributed by atoms with van der Waals surface area (Å²) in [5, 5.41) is 0.475. The van der Waals surface area contributed by atoms with Crippen LogP contribution in [0.1, 0.15) is 28.8 Å². The highest BCUT2D eigenvalue weighted by Crippen LogP contribution is 2.34. The van der Waals surface area contributed by atoms with Crippen molar-refractivity contribution in [1.82, 2.24) is 24.8 Å². The number of pyridine rings is 1. The number of Topliss-reactive ketones (excluding diaryl/α,β-unsaturated/α-hetero) is 1. The summed E-state index contributed by atoms with van der Waals surface area (Å²) in [4.78, 5) is 47.7. The summed E-state index contributed by atoms with van der Waals surface area (Å²) in [6, 6.07) is 9.54. The third-order valence-corrected chi connectivity index (χ3v) is 6.29. The number of aromatic nitrogens is 4. The molecule has 1 saturated heterocycles. The first-order valence-corrected chi connectivity index (χ1v) is 11.4. The Morgan fingerprint density at radius 3 is 2.53 bits per heavy atom. The SMILES string of the molecule is [C-]#[N+]C(=C1CCN(C(=O)C(=O)c2c[nH]c3c(-c4cnccn4)ncc(OC)c23)CC1)c1ccccc1. The average molecular weight is 479 g/mol. The molecule has 36 heavy (non-hydrogen) atoms. The number of methoxy groups -OCH3 is 1. The molecular formula is C27H22N6O3. The summed E-state index contributed by atoms with van der Waals surface area (Å²) >= 11 is 0. The number of benzene rings is 1. The van der Waals surface area contributed by atoms with E-state index in [2.05, 4.69) is 24.8 Å². The molecule has 0 spiro atoms. The van der Waals surface area contributed by atoms with Gasteiger partial charge in [-0.05, 0) is 18.4 Å². The first kappa shape index (κ1) is 22.9. The lowest BCUT2D eigenvalue weighted by molar-refractivity contribution is -0.126. The molecule has 0 bridgehead atoms. The topological polar surface area (TPSA) is 105 Å². The fraction of sp³-hybridized carbons (Fsp3) is 0.185. The molecule has 1 aliphatic heterocycles. The molecule has 1 N–H and O–H groups in total. The number of aromatic amines is 1. The van der Waals surface area contributed by atoms with Crippen molar-refractivity contribution >= 4 is 28.3 Å². The second-order valence-corrected chi connectivity index (χ2v) is 8.27. The zero-order chi connectivity index (χ0) is 25.1. The Hall–Kier alpha value is -4.84. The number of carbonyl (C=O) groups excluding carboxylic acids is 2. The second-order valence-electron chi connectivity index (χ2n) is 8.27. The fourth-order valence-corrected chi connectivity index (χ4v) is 4.49. The van der Waals surface area contributed by atoms with Crippen LogP contribution in [0.25, 0.3) is 32.8 Å². The molecular weight excluding hydrogens is 456 g/mol. The standard InChI is InChI=1S/C27H22N6O3/c1-28-23(17-6-4-3-5-7-17)18-8-12-33(13-9-18)27(35)26(34)19-14-31-25-22(19)21(36-2)16-32-24(25)20-15-29-10-11-30-20/h3-7,10-11,14-16,31H,8-9,12-13H2,2H3. The van der Waals surface area contributed by atoms with E-state index in [-0.39, 0.29) is 5.56 Å². The Labute approximate surface area is 207 Å². The number of hydrogen-bond donors (Lipinski definition) is 1. The quantitative estimate of drug-likeness (QED) is 0.262. The zero-order valence-electron chi connectivity index (χ0n) is 19.6. The smallest absolute Gasteiger partial charge is 0.295 e. The van der Waals surface area contributed by atoms with Gasteiger partial charge in [0, 0.05) is 31.7 Å². The van der Waals surface area contributed by atoms with Crippen LogP contribution in [0.3, 0.4) is 0 Å². The fourth-order valence-electron chi connectivity index (χ4n) is 4.49. The predicted molar refractivity (Wildman–Crippen MR) is 134 cm³/mol. The lowest BCUT2D eigenvalue weighted by Gasteiger charge is -2.28. The van der Waals surface area contributed by atoms with Gasteiger partial charge in [-0.3, -0.25) is 19.6 Å². The molecule has 5 rings (SSSR count). The minimum absolute atomic E-state index is 0.215. The van der Waals surface area contributed by atoms with E-state index in [1.165, 1.54) is 19.5 Å². The summed E-state index contributed by atoms with van der Waals surface area (Å²) in [7, 11) is 1.49. The van der Waals surface area contributed by atoms with Crippen LogP contribution in [0.2, 0.25) is 0 Å². The molecule has 1 amide bonds. The van der Waals surface area contributed by atoms with E-state index in [4.69, 9.17) is 11.3 Å². The monoisotopic (exact) mass is 478 g/mol. The first-order valence-electron chi connectivity index (χ1n) is 11.4. The summed E-state index contributed by atoms with van der Waals surface area (Å²) in [5.74, 6) is -0.834. The normalized spacial score (nSPS) is 13.3. The summed E-state index contributed by atoms with van der Waals surface area (Å²) in [6.45, 7) is 8.37. The van der Waals surface area contributed by atoms with Gasteiger partial charge in [0.1, 0.15) is 17.1 Å². The van der Waals surface area contributed by atoms with E-state index in [0.717, 1.165) is 11.1 Å². The highest BCUT2D eigenvalue weighted by atomic mass is 16.5. The number of nitrogens with one attached hydrogen (secondary N) is 1. The summed E-state index contributed by atoms with van der Waals surface area (Å²) in [5.41, 5.74) is 4.29. The van der Waals surface area contributed by atoms with Gasteiger partial charge >= 0.3 is 0 Å². The third-order valence-electron chi connectivity index (χ3n) is 6.29. The Kier molecular flexibility index (Phi) is 6.24. The van der Waals surface area contributed by atoms with E-state index in [0.29, 0.717) is 59.7 Å². The molecule has 0 saturated carbocycles. The van der Waals surface area contributed by atoms with Gasteiger partial charge in [0.25, 0.3) is 11.7 Å². The van der Waals surface area contributed by atoms with Crippen molar-refractivity contribution in [2.75, 3.05) is 20.2 Å². The lowest BCUT2D eigenvalue weighted by atomic mass is 9.97. The number of amides is 1. The molecule has 1 fully saturated rings. The van der Waals surface area contributed by atoms with Crippen LogP contribution in [0.4, 0.5) is 0 Å². The second kappa shape index (κ2) is 9.80.